The zero-order valence-electron chi connectivity index (χ0n) is 12.9. The van der Waals surface area contributed by atoms with Gasteiger partial charge in [0.15, 0.2) is 0 Å². The van der Waals surface area contributed by atoms with E-state index in [4.69, 9.17) is 10.5 Å². The van der Waals surface area contributed by atoms with E-state index in [1.807, 2.05) is 48.6 Å². The molecule has 0 bridgehead atoms. The minimum Gasteiger partial charge on any atom is -0.364 e. The molecule has 2 aromatic carbocycles. The van der Waals surface area contributed by atoms with E-state index < -0.39 is 0 Å². The highest BCUT2D eigenvalue weighted by Crippen LogP contribution is 2.24. The van der Waals surface area contributed by atoms with Crippen molar-refractivity contribution in [3.05, 3.63) is 72.8 Å². The van der Waals surface area contributed by atoms with E-state index in [2.05, 4.69) is 30.2 Å². The molecule has 0 aliphatic rings. The standard InChI is InChI=1S/C20H17N3/c1-3-9-23(10-4-2)20-8-7-18-12-16(5-6-19(18)13-20)11-17(14-21)15-22/h3-8,11-13H,1-2,9-10H2. The molecule has 0 aliphatic carbocycles. The quantitative estimate of drug-likeness (QED) is 0.585. The largest absolute Gasteiger partial charge is 0.364 e. The summed E-state index contributed by atoms with van der Waals surface area (Å²) in [5.41, 5.74) is 2.05. The number of nitrogens with zero attached hydrogens (tertiary/aromatic N) is 3. The Balaban J connectivity index is 2.41. The maximum Gasteiger partial charge on any atom is 0.130 e. The topological polar surface area (TPSA) is 50.8 Å². The van der Waals surface area contributed by atoms with Gasteiger partial charge in [-0.1, -0.05) is 30.4 Å². The fourth-order valence-corrected chi connectivity index (χ4v) is 2.39. The molecule has 0 spiro atoms. The van der Waals surface area contributed by atoms with Crippen LogP contribution in [0, 0.1) is 22.7 Å². The normalized spacial score (nSPS) is 9.48. The highest BCUT2D eigenvalue weighted by molar-refractivity contribution is 5.88. The lowest BCUT2D eigenvalue weighted by Crippen LogP contribution is -2.22. The Morgan fingerprint density at radius 3 is 2.17 bits per heavy atom. The van der Waals surface area contributed by atoms with Crippen LogP contribution in [0.25, 0.3) is 16.8 Å². The smallest absolute Gasteiger partial charge is 0.130 e. The molecule has 2 aromatic rings. The van der Waals surface area contributed by atoms with E-state index >= 15 is 0 Å². The Bertz CT molecular complexity index is 821. The molecule has 112 valence electrons. The number of anilines is 1. The maximum atomic E-state index is 8.84. The first kappa shape index (κ1) is 16.1. The average molecular weight is 299 g/mol. The van der Waals surface area contributed by atoms with Crippen molar-refractivity contribution in [3.8, 4) is 12.1 Å². The molecule has 3 heteroatoms. The van der Waals surface area contributed by atoms with E-state index in [1.165, 1.54) is 0 Å². The molecule has 0 unspecified atom stereocenters. The molecule has 0 saturated heterocycles. The van der Waals surface area contributed by atoms with Crippen molar-refractivity contribution in [1.82, 2.24) is 0 Å². The van der Waals surface area contributed by atoms with Crippen molar-refractivity contribution in [2.45, 2.75) is 0 Å². The van der Waals surface area contributed by atoms with Crippen LogP contribution in [0.4, 0.5) is 5.69 Å². The summed E-state index contributed by atoms with van der Waals surface area (Å²) in [6.07, 6.45) is 5.33. The molecule has 0 heterocycles. The van der Waals surface area contributed by atoms with Crippen LogP contribution in [-0.4, -0.2) is 13.1 Å². The second kappa shape index (κ2) is 7.64. The molecular weight excluding hydrogens is 282 g/mol. The third-order valence-corrected chi connectivity index (χ3v) is 3.46. The second-order valence-electron chi connectivity index (χ2n) is 5.05. The first-order chi connectivity index (χ1) is 11.2. The highest BCUT2D eigenvalue weighted by atomic mass is 15.1. The highest BCUT2D eigenvalue weighted by Gasteiger charge is 2.04. The third kappa shape index (κ3) is 3.87. The zero-order valence-corrected chi connectivity index (χ0v) is 12.9. The number of nitriles is 2. The van der Waals surface area contributed by atoms with Gasteiger partial charge in [-0.25, -0.2) is 0 Å². The summed E-state index contributed by atoms with van der Waals surface area (Å²) in [5.74, 6) is 0. The van der Waals surface area contributed by atoms with Crippen LogP contribution in [0.2, 0.25) is 0 Å². The number of hydrogen-bond acceptors (Lipinski definition) is 3. The minimum absolute atomic E-state index is 0.101. The van der Waals surface area contributed by atoms with Crippen LogP contribution in [0.5, 0.6) is 0 Å². The Kier molecular flexibility index (Phi) is 5.34. The summed E-state index contributed by atoms with van der Waals surface area (Å²) in [6.45, 7) is 9.09. The predicted molar refractivity (Wildman–Crippen MR) is 95.8 cm³/mol. The van der Waals surface area contributed by atoms with Crippen molar-refractivity contribution < 1.29 is 0 Å². The van der Waals surface area contributed by atoms with Gasteiger partial charge in [-0.15, -0.1) is 13.2 Å². The SMILES string of the molecule is C=CCN(CC=C)c1ccc2cc(C=C(C#N)C#N)ccc2c1. The average Bonchev–Trinajstić information content (AvgIpc) is 2.59. The first-order valence-electron chi connectivity index (χ1n) is 7.24. The summed E-state index contributed by atoms with van der Waals surface area (Å²) in [6, 6.07) is 15.8. The molecular formula is C20H17N3. The molecule has 0 amide bonds. The van der Waals surface area contributed by atoms with Gasteiger partial charge in [-0.05, 0) is 40.6 Å². The van der Waals surface area contributed by atoms with Gasteiger partial charge in [0.25, 0.3) is 0 Å². The first-order valence-corrected chi connectivity index (χ1v) is 7.24. The van der Waals surface area contributed by atoms with E-state index in [1.54, 1.807) is 6.08 Å². The van der Waals surface area contributed by atoms with Gasteiger partial charge in [-0.3, -0.25) is 0 Å². The number of benzene rings is 2. The van der Waals surface area contributed by atoms with Crippen LogP contribution in [0.15, 0.2) is 67.3 Å². The molecule has 0 aromatic heterocycles. The van der Waals surface area contributed by atoms with Gasteiger partial charge >= 0.3 is 0 Å². The van der Waals surface area contributed by atoms with Crippen molar-refractivity contribution in [2.75, 3.05) is 18.0 Å². The molecule has 3 nitrogen and oxygen atoms in total. The summed E-state index contributed by atoms with van der Waals surface area (Å²) in [7, 11) is 0. The summed E-state index contributed by atoms with van der Waals surface area (Å²) in [5, 5.41) is 19.8. The molecule has 23 heavy (non-hydrogen) atoms. The van der Waals surface area contributed by atoms with Crippen LogP contribution >= 0.6 is 0 Å². The number of fused-ring (bicyclic) bond motifs is 1. The second-order valence-corrected chi connectivity index (χ2v) is 5.05. The Morgan fingerprint density at radius 1 is 0.957 bits per heavy atom. The molecule has 0 saturated carbocycles. The number of hydrogen-bond donors (Lipinski definition) is 0. The van der Waals surface area contributed by atoms with Gasteiger partial charge < -0.3 is 4.90 Å². The molecule has 0 atom stereocenters. The fraction of sp³-hybridized carbons (Fsp3) is 0.100. The van der Waals surface area contributed by atoms with E-state index in [-0.39, 0.29) is 5.57 Å². The van der Waals surface area contributed by atoms with E-state index in [0.717, 1.165) is 35.1 Å². The molecule has 0 N–H and O–H groups in total. The van der Waals surface area contributed by atoms with Crippen molar-refractivity contribution in [1.29, 1.82) is 10.5 Å². The zero-order chi connectivity index (χ0) is 16.7. The Morgan fingerprint density at radius 2 is 1.57 bits per heavy atom. The minimum atomic E-state index is 0.101. The van der Waals surface area contributed by atoms with Gasteiger partial charge in [0.2, 0.25) is 0 Å². The molecule has 2 rings (SSSR count). The van der Waals surface area contributed by atoms with Crippen molar-refractivity contribution >= 4 is 22.5 Å². The lowest BCUT2D eigenvalue weighted by molar-refractivity contribution is 0.958. The fourth-order valence-electron chi connectivity index (χ4n) is 2.39. The Labute approximate surface area is 136 Å². The van der Waals surface area contributed by atoms with Crippen LogP contribution in [-0.2, 0) is 0 Å². The van der Waals surface area contributed by atoms with Gasteiger partial charge in [-0.2, -0.15) is 10.5 Å². The molecule has 0 fully saturated rings. The lowest BCUT2D eigenvalue weighted by Gasteiger charge is -2.22. The van der Waals surface area contributed by atoms with E-state index in [9.17, 15) is 0 Å². The summed E-state index contributed by atoms with van der Waals surface area (Å²) < 4.78 is 0. The number of rotatable bonds is 6. The Hall–Kier alpha value is -3.30. The molecule has 0 aliphatic heterocycles. The van der Waals surface area contributed by atoms with Gasteiger partial charge in [0.05, 0.1) is 0 Å². The van der Waals surface area contributed by atoms with Crippen LogP contribution in [0.1, 0.15) is 5.56 Å². The van der Waals surface area contributed by atoms with Crippen LogP contribution < -0.4 is 4.90 Å². The molecule has 0 radical (unpaired) electrons. The third-order valence-electron chi connectivity index (χ3n) is 3.46. The number of allylic oxidation sites excluding steroid dienone is 1. The summed E-state index contributed by atoms with van der Waals surface area (Å²) >= 11 is 0. The maximum absolute atomic E-state index is 8.84. The van der Waals surface area contributed by atoms with Crippen LogP contribution in [0.3, 0.4) is 0 Å². The van der Waals surface area contributed by atoms with Gasteiger partial charge in [0, 0.05) is 18.8 Å². The van der Waals surface area contributed by atoms with Crippen molar-refractivity contribution in [2.24, 2.45) is 0 Å². The lowest BCUT2D eigenvalue weighted by atomic mass is 10.0. The van der Waals surface area contributed by atoms with Crippen molar-refractivity contribution in [3.63, 3.8) is 0 Å². The monoisotopic (exact) mass is 299 g/mol. The van der Waals surface area contributed by atoms with E-state index in [0.29, 0.717) is 0 Å². The van der Waals surface area contributed by atoms with Gasteiger partial charge in [0.1, 0.15) is 17.7 Å². The predicted octanol–water partition coefficient (Wildman–Crippen LogP) is 4.45. The summed E-state index contributed by atoms with van der Waals surface area (Å²) in [4.78, 5) is 2.18.